The normalized spacial score (nSPS) is 11.3. The van der Waals surface area contributed by atoms with E-state index in [4.69, 9.17) is 0 Å². The summed E-state index contributed by atoms with van der Waals surface area (Å²) in [5.41, 5.74) is -0.845. The molecule has 0 radical (unpaired) electrons. The fourth-order valence-electron chi connectivity index (χ4n) is 1.44. The van der Waals surface area contributed by atoms with Crippen LogP contribution in [0.25, 0.3) is 0 Å². The Morgan fingerprint density at radius 3 is 2.47 bits per heavy atom. The summed E-state index contributed by atoms with van der Waals surface area (Å²) in [5.74, 6) is 0.428. The van der Waals surface area contributed by atoms with Gasteiger partial charge in [-0.25, -0.2) is 0 Å². The van der Waals surface area contributed by atoms with Gasteiger partial charge in [-0.3, -0.25) is 4.79 Å². The second-order valence-electron chi connectivity index (χ2n) is 4.66. The van der Waals surface area contributed by atoms with Crippen LogP contribution in [0.15, 0.2) is 35.2 Å². The van der Waals surface area contributed by atoms with E-state index in [-0.39, 0.29) is 5.91 Å². The molecule has 0 heterocycles. The first-order valence-electron chi connectivity index (χ1n) is 5.53. The fraction of sp³-hybridized carbons (Fsp3) is 0.462. The van der Waals surface area contributed by atoms with E-state index < -0.39 is 5.60 Å². The quantitative estimate of drug-likeness (QED) is 0.816. The van der Waals surface area contributed by atoms with Gasteiger partial charge in [0, 0.05) is 18.5 Å². The Hall–Kier alpha value is -1.00. The summed E-state index contributed by atoms with van der Waals surface area (Å²) in [5, 5.41) is 9.62. The summed E-state index contributed by atoms with van der Waals surface area (Å²) in [6, 6.07) is 9.81. The van der Waals surface area contributed by atoms with Crippen molar-refractivity contribution in [3.05, 3.63) is 30.3 Å². The molecule has 17 heavy (non-hydrogen) atoms. The minimum Gasteiger partial charge on any atom is -0.389 e. The molecule has 4 heteroatoms. The molecule has 1 amide bonds. The van der Waals surface area contributed by atoms with E-state index in [1.54, 1.807) is 25.8 Å². The van der Waals surface area contributed by atoms with E-state index in [1.807, 2.05) is 30.3 Å². The maximum absolute atomic E-state index is 11.8. The molecular formula is C13H19NO2S. The molecule has 0 aromatic heterocycles. The number of aliphatic hydroxyl groups is 1. The Kier molecular flexibility index (Phi) is 5.02. The van der Waals surface area contributed by atoms with Gasteiger partial charge >= 0.3 is 0 Å². The molecule has 0 aliphatic heterocycles. The zero-order chi connectivity index (χ0) is 12.9. The number of hydrogen-bond acceptors (Lipinski definition) is 3. The van der Waals surface area contributed by atoms with Crippen molar-refractivity contribution in [2.24, 2.45) is 0 Å². The van der Waals surface area contributed by atoms with Crippen molar-refractivity contribution in [1.29, 1.82) is 0 Å². The largest absolute Gasteiger partial charge is 0.389 e. The molecule has 0 bridgehead atoms. The number of nitrogens with zero attached hydrogens (tertiary/aromatic N) is 1. The van der Waals surface area contributed by atoms with Crippen LogP contribution in [-0.2, 0) is 4.79 Å². The van der Waals surface area contributed by atoms with Gasteiger partial charge in [-0.05, 0) is 26.0 Å². The highest BCUT2D eigenvalue weighted by molar-refractivity contribution is 8.00. The van der Waals surface area contributed by atoms with Crippen LogP contribution in [0.4, 0.5) is 0 Å². The minimum atomic E-state index is -0.845. The molecule has 0 aliphatic rings. The Bertz CT molecular complexity index is 359. The summed E-state index contributed by atoms with van der Waals surface area (Å²) in [4.78, 5) is 14.4. The van der Waals surface area contributed by atoms with Crippen molar-refractivity contribution >= 4 is 17.7 Å². The van der Waals surface area contributed by atoms with Crippen LogP contribution >= 0.6 is 11.8 Å². The van der Waals surface area contributed by atoms with E-state index in [2.05, 4.69) is 0 Å². The van der Waals surface area contributed by atoms with E-state index in [1.165, 1.54) is 11.8 Å². The lowest BCUT2D eigenvalue weighted by Gasteiger charge is -2.25. The van der Waals surface area contributed by atoms with Crippen LogP contribution in [0.5, 0.6) is 0 Å². The predicted octanol–water partition coefficient (Wildman–Crippen LogP) is 2.01. The number of rotatable bonds is 5. The molecule has 1 aromatic carbocycles. The molecule has 0 saturated heterocycles. The van der Waals surface area contributed by atoms with Gasteiger partial charge in [0.2, 0.25) is 5.91 Å². The standard InChI is InChI=1S/C13H19NO2S/c1-13(2,16)10-14(3)12(15)9-17-11-7-5-4-6-8-11/h4-8,16H,9-10H2,1-3H3. The van der Waals surface area contributed by atoms with E-state index in [0.717, 1.165) is 4.90 Å². The first kappa shape index (κ1) is 14.1. The van der Waals surface area contributed by atoms with E-state index >= 15 is 0 Å². The molecule has 0 unspecified atom stereocenters. The van der Waals surface area contributed by atoms with E-state index in [0.29, 0.717) is 12.3 Å². The number of thioether (sulfide) groups is 1. The Morgan fingerprint density at radius 1 is 1.35 bits per heavy atom. The summed E-state index contributed by atoms with van der Waals surface area (Å²) in [6.07, 6.45) is 0. The SMILES string of the molecule is CN(CC(C)(C)O)C(=O)CSc1ccccc1. The molecule has 0 spiro atoms. The molecular weight excluding hydrogens is 234 g/mol. The number of likely N-dealkylation sites (N-methyl/N-ethyl adjacent to an activating group) is 1. The third-order valence-electron chi connectivity index (χ3n) is 2.16. The van der Waals surface area contributed by atoms with Crippen molar-refractivity contribution < 1.29 is 9.90 Å². The Labute approximate surface area is 107 Å². The topological polar surface area (TPSA) is 40.5 Å². The average Bonchev–Trinajstić information content (AvgIpc) is 2.25. The van der Waals surface area contributed by atoms with Crippen molar-refractivity contribution in [1.82, 2.24) is 4.90 Å². The van der Waals surface area contributed by atoms with Gasteiger partial charge in [-0.15, -0.1) is 11.8 Å². The monoisotopic (exact) mass is 253 g/mol. The molecule has 94 valence electrons. The fourth-order valence-corrected chi connectivity index (χ4v) is 2.30. The molecule has 3 nitrogen and oxygen atoms in total. The number of benzene rings is 1. The Morgan fingerprint density at radius 2 is 1.94 bits per heavy atom. The van der Waals surface area contributed by atoms with Crippen molar-refractivity contribution in [2.75, 3.05) is 19.3 Å². The summed E-state index contributed by atoms with van der Waals surface area (Å²) >= 11 is 1.51. The first-order valence-corrected chi connectivity index (χ1v) is 6.51. The highest BCUT2D eigenvalue weighted by atomic mass is 32.2. The first-order chi connectivity index (χ1) is 7.88. The molecule has 1 rings (SSSR count). The van der Waals surface area contributed by atoms with Crippen LogP contribution in [-0.4, -0.2) is 40.9 Å². The van der Waals surface area contributed by atoms with Crippen LogP contribution in [0.1, 0.15) is 13.8 Å². The number of amides is 1. The summed E-state index contributed by atoms with van der Waals surface area (Å²) in [6.45, 7) is 3.74. The third-order valence-corrected chi connectivity index (χ3v) is 3.15. The summed E-state index contributed by atoms with van der Waals surface area (Å²) < 4.78 is 0. The highest BCUT2D eigenvalue weighted by Gasteiger charge is 2.19. The van der Waals surface area contributed by atoms with Gasteiger partial charge in [-0.2, -0.15) is 0 Å². The second kappa shape index (κ2) is 6.07. The molecule has 0 saturated carbocycles. The predicted molar refractivity (Wildman–Crippen MR) is 71.1 cm³/mol. The zero-order valence-electron chi connectivity index (χ0n) is 10.5. The van der Waals surface area contributed by atoms with Crippen LogP contribution in [0.2, 0.25) is 0 Å². The van der Waals surface area contributed by atoms with Crippen molar-refractivity contribution in [3.8, 4) is 0 Å². The van der Waals surface area contributed by atoms with Crippen molar-refractivity contribution in [2.45, 2.75) is 24.3 Å². The molecule has 0 fully saturated rings. The van der Waals surface area contributed by atoms with Gasteiger partial charge in [0.15, 0.2) is 0 Å². The van der Waals surface area contributed by atoms with Crippen LogP contribution in [0.3, 0.4) is 0 Å². The van der Waals surface area contributed by atoms with Gasteiger partial charge < -0.3 is 10.0 Å². The van der Waals surface area contributed by atoms with Gasteiger partial charge in [0.25, 0.3) is 0 Å². The molecule has 1 aromatic rings. The maximum Gasteiger partial charge on any atom is 0.232 e. The summed E-state index contributed by atoms with van der Waals surface area (Å²) in [7, 11) is 1.71. The lowest BCUT2D eigenvalue weighted by Crippen LogP contribution is -2.40. The van der Waals surface area contributed by atoms with Gasteiger partial charge in [0.05, 0.1) is 11.4 Å². The lowest BCUT2D eigenvalue weighted by molar-refractivity contribution is -0.129. The second-order valence-corrected chi connectivity index (χ2v) is 5.71. The molecule has 0 aliphatic carbocycles. The Balaban J connectivity index is 2.40. The average molecular weight is 253 g/mol. The zero-order valence-corrected chi connectivity index (χ0v) is 11.3. The number of hydrogen-bond donors (Lipinski definition) is 1. The van der Waals surface area contributed by atoms with Gasteiger partial charge in [-0.1, -0.05) is 18.2 Å². The minimum absolute atomic E-state index is 0.0287. The van der Waals surface area contributed by atoms with Crippen LogP contribution < -0.4 is 0 Å². The molecule has 0 atom stereocenters. The van der Waals surface area contributed by atoms with Gasteiger partial charge in [0.1, 0.15) is 0 Å². The smallest absolute Gasteiger partial charge is 0.232 e. The van der Waals surface area contributed by atoms with Crippen molar-refractivity contribution in [3.63, 3.8) is 0 Å². The highest BCUT2D eigenvalue weighted by Crippen LogP contribution is 2.17. The number of carbonyl (C=O) groups excluding carboxylic acids is 1. The number of carbonyl (C=O) groups is 1. The van der Waals surface area contributed by atoms with Crippen LogP contribution in [0, 0.1) is 0 Å². The third kappa shape index (κ3) is 5.75. The lowest BCUT2D eigenvalue weighted by atomic mass is 10.1. The molecule has 1 N–H and O–H groups in total. The van der Waals surface area contributed by atoms with E-state index in [9.17, 15) is 9.90 Å². The maximum atomic E-state index is 11.8.